The molecule has 2 fully saturated rings. The summed E-state index contributed by atoms with van der Waals surface area (Å²) in [4.78, 5) is 0. The van der Waals surface area contributed by atoms with Gasteiger partial charge >= 0.3 is 0 Å². The molecule has 0 spiro atoms. The minimum Gasteiger partial charge on any atom is -0.204 e. The van der Waals surface area contributed by atoms with Crippen molar-refractivity contribution in [3.63, 3.8) is 0 Å². The molecular weight excluding hydrogens is 345 g/mol. The molecule has 0 amide bonds. The van der Waals surface area contributed by atoms with Crippen LogP contribution < -0.4 is 0 Å². The summed E-state index contributed by atoms with van der Waals surface area (Å²) in [7, 11) is 0. The van der Waals surface area contributed by atoms with Crippen LogP contribution in [0.3, 0.4) is 0 Å². The second kappa shape index (κ2) is 9.80. The number of benzene rings is 1. The lowest BCUT2D eigenvalue weighted by Crippen LogP contribution is -2.25. The predicted molar refractivity (Wildman–Crippen MR) is 105 cm³/mol. The lowest BCUT2D eigenvalue weighted by Gasteiger charge is -2.38. The first-order valence-corrected chi connectivity index (χ1v) is 10.8. The molecule has 27 heavy (non-hydrogen) atoms. The second-order valence-electron chi connectivity index (χ2n) is 8.69. The molecule has 0 radical (unpaired) electrons. The zero-order chi connectivity index (χ0) is 19.2. The van der Waals surface area contributed by atoms with Crippen molar-refractivity contribution in [2.24, 2.45) is 17.8 Å². The van der Waals surface area contributed by atoms with Crippen molar-refractivity contribution in [1.29, 1.82) is 0 Å². The Morgan fingerprint density at radius 1 is 0.852 bits per heavy atom. The topological polar surface area (TPSA) is 0 Å². The van der Waals surface area contributed by atoms with Crippen molar-refractivity contribution in [2.45, 2.75) is 83.5 Å². The van der Waals surface area contributed by atoms with Gasteiger partial charge in [0.25, 0.3) is 0 Å². The fraction of sp³-hybridized carbons (Fsp3) is 0.667. The van der Waals surface area contributed by atoms with E-state index in [1.54, 1.807) is 0 Å². The summed E-state index contributed by atoms with van der Waals surface area (Å²) < 4.78 is 40.2. The van der Waals surface area contributed by atoms with Crippen LogP contribution in [0.25, 0.3) is 0 Å². The summed E-state index contributed by atoms with van der Waals surface area (Å²) >= 11 is 0. The van der Waals surface area contributed by atoms with Gasteiger partial charge in [0.15, 0.2) is 17.5 Å². The highest BCUT2D eigenvalue weighted by Gasteiger charge is 2.31. The highest BCUT2D eigenvalue weighted by Crippen LogP contribution is 2.44. The molecule has 0 atom stereocenters. The van der Waals surface area contributed by atoms with Crippen LogP contribution in [-0.2, 0) is 0 Å². The van der Waals surface area contributed by atoms with Gasteiger partial charge < -0.3 is 0 Å². The van der Waals surface area contributed by atoms with Gasteiger partial charge in [-0.2, -0.15) is 0 Å². The Balaban J connectivity index is 1.44. The second-order valence-corrected chi connectivity index (χ2v) is 8.69. The Morgan fingerprint density at radius 3 is 1.96 bits per heavy atom. The maximum atomic E-state index is 13.5. The minimum absolute atomic E-state index is 0.175. The third-order valence-electron chi connectivity index (χ3n) is 7.03. The molecule has 3 rings (SSSR count). The third kappa shape index (κ3) is 5.39. The monoisotopic (exact) mass is 378 g/mol. The van der Waals surface area contributed by atoms with Gasteiger partial charge in [-0.25, -0.2) is 13.2 Å². The Hall–Kier alpha value is -1.25. The molecule has 0 aromatic heterocycles. The Bertz CT molecular complexity index is 598. The fourth-order valence-corrected chi connectivity index (χ4v) is 5.37. The van der Waals surface area contributed by atoms with Crippen molar-refractivity contribution in [3.8, 4) is 0 Å². The van der Waals surface area contributed by atoms with Gasteiger partial charge in [-0.15, -0.1) is 0 Å². The molecule has 0 unspecified atom stereocenters. The summed E-state index contributed by atoms with van der Waals surface area (Å²) in [6.45, 7) is 2.09. The van der Waals surface area contributed by atoms with Crippen LogP contribution >= 0.6 is 0 Å². The minimum atomic E-state index is -1.35. The molecule has 1 aromatic rings. The van der Waals surface area contributed by atoms with Crippen LogP contribution in [0.2, 0.25) is 0 Å². The van der Waals surface area contributed by atoms with Crippen LogP contribution in [0.5, 0.6) is 0 Å². The van der Waals surface area contributed by atoms with Gasteiger partial charge in [-0.3, -0.25) is 0 Å². The molecule has 0 saturated heterocycles. The molecule has 0 bridgehead atoms. The number of hydrogen-bond acceptors (Lipinski definition) is 0. The van der Waals surface area contributed by atoms with E-state index in [1.165, 1.54) is 57.1 Å². The standard InChI is InChI=1S/C24H33F3/c1-2-3-4-5-6-17-7-9-18(10-8-17)19-11-13-20(14-12-19)21-15-22(25)24(27)23(26)16-21/h2-3,15-20H,4-14H2,1H3. The Kier molecular flexibility index (Phi) is 7.43. The molecule has 2 saturated carbocycles. The molecule has 3 heteroatoms. The molecule has 150 valence electrons. The fourth-order valence-electron chi connectivity index (χ4n) is 5.37. The summed E-state index contributed by atoms with van der Waals surface area (Å²) in [6.07, 6.45) is 18.0. The highest BCUT2D eigenvalue weighted by molar-refractivity contribution is 5.23. The Labute approximate surface area is 162 Å². The average molecular weight is 379 g/mol. The van der Waals surface area contributed by atoms with Gasteiger partial charge in [0.05, 0.1) is 0 Å². The van der Waals surface area contributed by atoms with Crippen LogP contribution in [0, 0.1) is 35.2 Å². The van der Waals surface area contributed by atoms with E-state index in [9.17, 15) is 13.2 Å². The van der Waals surface area contributed by atoms with E-state index in [2.05, 4.69) is 19.1 Å². The van der Waals surface area contributed by atoms with Gasteiger partial charge in [0.2, 0.25) is 0 Å². The first-order chi connectivity index (χ1) is 13.1. The van der Waals surface area contributed by atoms with Gasteiger partial charge in [-0.05, 0) is 99.7 Å². The molecule has 0 aliphatic heterocycles. The quantitative estimate of drug-likeness (QED) is 0.268. The number of hydrogen-bond donors (Lipinski definition) is 0. The van der Waals surface area contributed by atoms with Crippen LogP contribution in [0.4, 0.5) is 13.2 Å². The largest absolute Gasteiger partial charge is 0.204 e. The van der Waals surface area contributed by atoms with Gasteiger partial charge in [-0.1, -0.05) is 31.4 Å². The van der Waals surface area contributed by atoms with Crippen LogP contribution in [0.1, 0.15) is 89.0 Å². The zero-order valence-corrected chi connectivity index (χ0v) is 16.5. The Morgan fingerprint density at radius 2 is 1.41 bits per heavy atom. The van der Waals surface area contributed by atoms with E-state index in [0.717, 1.165) is 43.4 Å². The van der Waals surface area contributed by atoms with Crippen molar-refractivity contribution < 1.29 is 13.2 Å². The van der Waals surface area contributed by atoms with Crippen LogP contribution in [-0.4, -0.2) is 0 Å². The van der Waals surface area contributed by atoms with Crippen LogP contribution in [0.15, 0.2) is 24.3 Å². The van der Waals surface area contributed by atoms with Crippen molar-refractivity contribution >= 4 is 0 Å². The molecule has 0 nitrogen and oxygen atoms in total. The first kappa shape index (κ1) is 20.5. The summed E-state index contributed by atoms with van der Waals surface area (Å²) in [5.41, 5.74) is 0.634. The van der Waals surface area contributed by atoms with Crippen molar-refractivity contribution in [3.05, 3.63) is 47.3 Å². The number of allylic oxidation sites excluding steroid dienone is 2. The van der Waals surface area contributed by atoms with E-state index < -0.39 is 17.5 Å². The predicted octanol–water partition coefficient (Wildman–Crippen LogP) is 7.93. The molecule has 2 aliphatic carbocycles. The first-order valence-electron chi connectivity index (χ1n) is 10.8. The van der Waals surface area contributed by atoms with Gasteiger partial charge in [0, 0.05) is 0 Å². The highest BCUT2D eigenvalue weighted by atomic mass is 19.2. The third-order valence-corrected chi connectivity index (χ3v) is 7.03. The van der Waals surface area contributed by atoms with E-state index in [0.29, 0.717) is 5.56 Å². The maximum absolute atomic E-state index is 13.5. The summed E-state index contributed by atoms with van der Waals surface area (Å²) in [5, 5.41) is 0. The smallest absolute Gasteiger partial charge is 0.194 e. The normalized spacial score (nSPS) is 29.3. The molecule has 1 aromatic carbocycles. The number of unbranched alkanes of at least 4 members (excludes halogenated alkanes) is 1. The maximum Gasteiger partial charge on any atom is 0.194 e. The van der Waals surface area contributed by atoms with Gasteiger partial charge in [0.1, 0.15) is 0 Å². The summed E-state index contributed by atoms with van der Waals surface area (Å²) in [6, 6.07) is 2.39. The lowest BCUT2D eigenvalue weighted by molar-refractivity contribution is 0.156. The van der Waals surface area contributed by atoms with Crippen molar-refractivity contribution in [2.75, 3.05) is 0 Å². The number of halogens is 3. The molecule has 0 heterocycles. The number of rotatable bonds is 6. The SMILES string of the molecule is CC=CCCCC1CCC(C2CCC(c3cc(F)c(F)c(F)c3)CC2)CC1. The van der Waals surface area contributed by atoms with E-state index >= 15 is 0 Å². The zero-order valence-electron chi connectivity index (χ0n) is 16.5. The van der Waals surface area contributed by atoms with E-state index in [-0.39, 0.29) is 5.92 Å². The molecule has 0 N–H and O–H groups in total. The summed E-state index contributed by atoms with van der Waals surface area (Å²) in [5.74, 6) is -0.781. The van der Waals surface area contributed by atoms with E-state index in [4.69, 9.17) is 0 Å². The average Bonchev–Trinajstić information content (AvgIpc) is 2.70. The van der Waals surface area contributed by atoms with Crippen molar-refractivity contribution in [1.82, 2.24) is 0 Å². The molecular formula is C24H33F3. The molecule has 2 aliphatic rings. The van der Waals surface area contributed by atoms with E-state index in [1.807, 2.05) is 0 Å². The lowest BCUT2D eigenvalue weighted by atomic mass is 9.68.